The van der Waals surface area contributed by atoms with Crippen LogP contribution in [0.1, 0.15) is 33.5 Å². The smallest absolute Gasteiger partial charge is 1.00 e. The number of rotatable bonds is 19. The van der Waals surface area contributed by atoms with E-state index in [2.05, 4.69) is 47.6 Å². The van der Waals surface area contributed by atoms with Gasteiger partial charge in [0.2, 0.25) is 6.04 Å². The number of carboxylic acids is 6. The van der Waals surface area contributed by atoms with Gasteiger partial charge < -0.3 is 62.8 Å². The molecule has 6 rings (SSSR count). The molecule has 3 amide bonds. The quantitative estimate of drug-likeness (QED) is 0.0179. The standard InChI is InChI=1S/C48H64N14O16.Na.H/c63-28-35(60-21-19-59(27-37(65)66)16-12-51-13-17-61(23-22-60)40(43(69)70)44(71)72)54-56-41(67)38-31(29-5-1-3-7-33(29)52-38)25-32-30-6-2-4-8-34(30)53-39(32)42(68)57-55-36(64)26-58-15-11-49-9-10-50-14-18-62(24-20-58)48(45(73)74,46(75)76)47(77)78;;/h1-8,28,35,40,49-54H,9-27H2,(H,55,64)(H,56,67)(H,57,68)(H,65,66)(H,69,70)(H,71,72)(H,73,74)(H,75,76)(H,77,78);;/q;+1;-1. The van der Waals surface area contributed by atoms with E-state index in [0.29, 0.717) is 65.4 Å². The van der Waals surface area contributed by atoms with Crippen LogP contribution in [0.25, 0.3) is 21.8 Å². The Morgan fingerprint density at radius 3 is 1.56 bits per heavy atom. The molecule has 2 aromatic heterocycles. The third-order valence-corrected chi connectivity index (χ3v) is 13.5. The van der Waals surface area contributed by atoms with Crippen molar-refractivity contribution in [1.82, 2.24) is 72.1 Å². The van der Waals surface area contributed by atoms with Crippen LogP contribution in [-0.2, 0) is 44.8 Å². The van der Waals surface area contributed by atoms with Crippen LogP contribution < -0.4 is 67.2 Å². The summed E-state index contributed by atoms with van der Waals surface area (Å²) in [5.41, 5.74) is 8.69. The van der Waals surface area contributed by atoms with Crippen LogP contribution in [0.2, 0.25) is 0 Å². The van der Waals surface area contributed by atoms with Crippen molar-refractivity contribution in [2.75, 3.05) is 118 Å². The Balaban J connectivity index is 0.00000689. The summed E-state index contributed by atoms with van der Waals surface area (Å²) in [4.78, 5) is 140. The number of hydrogen-bond donors (Lipinski definition) is 15. The van der Waals surface area contributed by atoms with Crippen LogP contribution in [0.15, 0.2) is 48.5 Å². The van der Waals surface area contributed by atoms with Crippen molar-refractivity contribution in [3.05, 3.63) is 71.0 Å². The minimum Gasteiger partial charge on any atom is -1.00 e. The van der Waals surface area contributed by atoms with Gasteiger partial charge in [-0.1, -0.05) is 36.4 Å². The van der Waals surface area contributed by atoms with E-state index < -0.39 is 77.8 Å². The number of hydrogen-bond acceptors (Lipinski definition) is 19. The predicted octanol–water partition coefficient (Wildman–Crippen LogP) is -7.20. The second-order valence-electron chi connectivity index (χ2n) is 18.4. The van der Waals surface area contributed by atoms with Crippen LogP contribution in [0.4, 0.5) is 0 Å². The molecule has 0 bridgehead atoms. The summed E-state index contributed by atoms with van der Waals surface area (Å²) < 4.78 is 0. The molecule has 0 saturated carbocycles. The number of benzene rings is 2. The molecule has 0 radical (unpaired) electrons. The summed E-state index contributed by atoms with van der Waals surface area (Å²) in [5.74, 6) is -12.8. The molecule has 2 fully saturated rings. The van der Waals surface area contributed by atoms with Gasteiger partial charge >= 0.3 is 70.9 Å². The third-order valence-electron chi connectivity index (χ3n) is 13.5. The molecule has 1 unspecified atom stereocenters. The molecule has 2 aromatic carbocycles. The van der Waals surface area contributed by atoms with E-state index in [1.165, 1.54) is 14.7 Å². The molecule has 0 spiro atoms. The van der Waals surface area contributed by atoms with Crippen molar-refractivity contribution in [2.24, 2.45) is 0 Å². The Bertz CT molecular complexity index is 2810. The van der Waals surface area contributed by atoms with Crippen molar-refractivity contribution in [1.29, 1.82) is 0 Å². The number of amides is 3. The number of carbonyl (C=O) groups excluding carboxylic acids is 4. The molecule has 2 aliphatic heterocycles. The summed E-state index contributed by atoms with van der Waals surface area (Å²) in [7, 11) is 0. The van der Waals surface area contributed by atoms with E-state index in [1.807, 2.05) is 0 Å². The second kappa shape index (κ2) is 29.9. The first-order valence-electron chi connectivity index (χ1n) is 24.8. The molecule has 1 atom stereocenters. The number of H-pyrrole nitrogens is 2. The molecule has 15 N–H and O–H groups in total. The van der Waals surface area contributed by atoms with E-state index in [-0.39, 0.29) is 134 Å². The van der Waals surface area contributed by atoms with Gasteiger partial charge in [-0.3, -0.25) is 60.0 Å². The Hall–Kier alpha value is -6.94. The first kappa shape index (κ1) is 62.9. The number of fused-ring (bicyclic) bond motifs is 2. The number of aromatic amines is 2. The Labute approximate surface area is 474 Å². The topological polar surface area (TPSA) is 424 Å². The number of para-hydroxylation sites is 2. The second-order valence-corrected chi connectivity index (χ2v) is 18.4. The summed E-state index contributed by atoms with van der Waals surface area (Å²) in [6.07, 6.45) is -0.887. The minimum atomic E-state index is -3.32. The third kappa shape index (κ3) is 16.1. The average molecular weight is 1120 g/mol. The molecule has 2 saturated heterocycles. The van der Waals surface area contributed by atoms with Crippen molar-refractivity contribution in [2.45, 2.75) is 24.2 Å². The molecule has 2 aliphatic rings. The molecule has 4 heterocycles. The number of aromatic nitrogens is 2. The molecule has 424 valence electrons. The van der Waals surface area contributed by atoms with E-state index in [9.17, 15) is 78.6 Å². The normalized spacial score (nSPS) is 17.1. The fourth-order valence-corrected chi connectivity index (χ4v) is 9.46. The van der Waals surface area contributed by atoms with E-state index in [4.69, 9.17) is 0 Å². The zero-order chi connectivity index (χ0) is 56.5. The van der Waals surface area contributed by atoms with Gasteiger partial charge in [0.05, 0.1) is 13.1 Å². The van der Waals surface area contributed by atoms with Gasteiger partial charge in [-0.25, -0.2) is 29.4 Å². The summed E-state index contributed by atoms with van der Waals surface area (Å²) in [6.45, 7) is 0.441. The van der Waals surface area contributed by atoms with Crippen LogP contribution in [0.5, 0.6) is 0 Å². The Morgan fingerprint density at radius 2 is 1.03 bits per heavy atom. The van der Waals surface area contributed by atoms with Crippen LogP contribution >= 0.6 is 0 Å². The van der Waals surface area contributed by atoms with Gasteiger partial charge in [0.1, 0.15) is 17.6 Å². The number of nitrogens with one attached hydrogen (secondary N) is 9. The molecule has 0 aliphatic carbocycles. The largest absolute Gasteiger partial charge is 1.00 e. The van der Waals surface area contributed by atoms with E-state index in [1.54, 1.807) is 53.4 Å². The Morgan fingerprint density at radius 1 is 0.557 bits per heavy atom. The van der Waals surface area contributed by atoms with Crippen LogP contribution in [-0.4, -0.2) is 260 Å². The van der Waals surface area contributed by atoms with Gasteiger partial charge in [-0.15, -0.1) is 0 Å². The number of hydrazine groups is 2. The van der Waals surface area contributed by atoms with Gasteiger partial charge in [0.15, 0.2) is 6.29 Å². The van der Waals surface area contributed by atoms with Crippen molar-refractivity contribution < 1.29 is 110 Å². The van der Waals surface area contributed by atoms with Gasteiger partial charge in [0.25, 0.3) is 17.7 Å². The maximum atomic E-state index is 14.3. The fraction of sp³-hybridized carbons (Fsp3) is 0.458. The SMILES string of the molecule is O=CC(NNC(=O)c1[nH]c2ccccc2c1Cc1c(C(=O)NNC(=O)CN2CCNCCNCCN(C(C(=O)O)(C(=O)O)C(=O)O)CC2)[nH]c2ccccc12)N1CCN(CC(=O)O)CCNCCN(C(C(=O)O)C(=O)O)CC1.[H-].[Na+]. The van der Waals surface area contributed by atoms with Crippen LogP contribution in [0, 0.1) is 0 Å². The molecule has 30 nitrogen and oxygen atoms in total. The van der Waals surface area contributed by atoms with E-state index >= 15 is 0 Å². The van der Waals surface area contributed by atoms with Crippen molar-refractivity contribution >= 4 is 81.6 Å². The number of carboxylic acid groups (broad SMARTS) is 6. The Kier molecular flexibility index (Phi) is 23.8. The first-order chi connectivity index (χ1) is 37.4. The molecule has 31 heteroatoms. The molecule has 4 aromatic rings. The van der Waals surface area contributed by atoms with Gasteiger partial charge in [-0.2, -0.15) is 0 Å². The van der Waals surface area contributed by atoms with Crippen molar-refractivity contribution in [3.63, 3.8) is 0 Å². The minimum absolute atomic E-state index is 0. The predicted molar refractivity (Wildman–Crippen MR) is 275 cm³/mol. The summed E-state index contributed by atoms with van der Waals surface area (Å²) in [5, 5.41) is 69.4. The molecular formula is C48H65N14NaO16. The van der Waals surface area contributed by atoms with E-state index in [0.717, 1.165) is 4.90 Å². The monoisotopic (exact) mass is 1120 g/mol. The number of nitrogens with zero attached hydrogens (tertiary/aromatic N) is 5. The zero-order valence-electron chi connectivity index (χ0n) is 44.3. The fourth-order valence-electron chi connectivity index (χ4n) is 9.46. The maximum Gasteiger partial charge on any atom is 1.00 e. The maximum absolute atomic E-state index is 14.3. The van der Waals surface area contributed by atoms with Gasteiger partial charge in [-0.05, 0) is 23.3 Å². The molecule has 79 heavy (non-hydrogen) atoms. The number of aliphatic carboxylic acids is 6. The zero-order valence-corrected chi connectivity index (χ0v) is 45.3. The first-order valence-corrected chi connectivity index (χ1v) is 24.8. The van der Waals surface area contributed by atoms with Gasteiger partial charge in [0, 0.05) is 133 Å². The number of aldehydes is 1. The number of carbonyl (C=O) groups is 10. The van der Waals surface area contributed by atoms with Crippen molar-refractivity contribution in [3.8, 4) is 0 Å². The molecular weight excluding hydrogens is 1050 g/mol. The summed E-state index contributed by atoms with van der Waals surface area (Å²) in [6, 6.07) is 12.0. The average Bonchev–Trinajstić information content (AvgIpc) is 3.98. The van der Waals surface area contributed by atoms with Crippen LogP contribution in [0.3, 0.4) is 0 Å². The summed E-state index contributed by atoms with van der Waals surface area (Å²) >= 11 is 0.